The number of nitrogens with one attached hydrogen (secondary N) is 2. The molecule has 2 amide bonds. The lowest BCUT2D eigenvalue weighted by Gasteiger charge is -2.07. The van der Waals surface area contributed by atoms with Gasteiger partial charge in [0.1, 0.15) is 5.75 Å². The predicted octanol–water partition coefficient (Wildman–Crippen LogP) is 3.65. The van der Waals surface area contributed by atoms with E-state index in [1.54, 1.807) is 24.3 Å². The van der Waals surface area contributed by atoms with Crippen molar-refractivity contribution in [3.05, 3.63) is 59.7 Å². The molecule has 0 spiro atoms. The predicted molar refractivity (Wildman–Crippen MR) is 107 cm³/mol. The molecule has 2 rings (SSSR count). The van der Waals surface area contributed by atoms with Crippen LogP contribution in [-0.2, 0) is 9.59 Å². The topological polar surface area (TPSA) is 79.8 Å². The van der Waals surface area contributed by atoms with Crippen molar-refractivity contribution in [3.8, 4) is 5.75 Å². The summed E-state index contributed by atoms with van der Waals surface area (Å²) < 4.78 is 5.61. The van der Waals surface area contributed by atoms with Crippen LogP contribution >= 0.6 is 0 Å². The van der Waals surface area contributed by atoms with E-state index in [4.69, 9.17) is 4.74 Å². The number of hydrazone groups is 1. The minimum Gasteiger partial charge on any atom is -0.494 e. The Hall–Kier alpha value is -3.15. The number of benzene rings is 2. The van der Waals surface area contributed by atoms with Crippen LogP contribution < -0.4 is 15.5 Å². The fourth-order valence-electron chi connectivity index (χ4n) is 2.23. The Kier molecular flexibility index (Phi) is 8.03. The first-order valence-corrected chi connectivity index (χ1v) is 9.02. The van der Waals surface area contributed by atoms with Crippen LogP contribution in [0.4, 0.5) is 5.69 Å². The van der Waals surface area contributed by atoms with Gasteiger partial charge in [-0.1, -0.05) is 49.6 Å². The van der Waals surface area contributed by atoms with Gasteiger partial charge in [0.25, 0.3) is 0 Å². The van der Waals surface area contributed by atoms with E-state index in [1.165, 1.54) is 6.21 Å². The van der Waals surface area contributed by atoms with Crippen LogP contribution in [0.25, 0.3) is 0 Å². The third kappa shape index (κ3) is 7.32. The molecule has 142 valence electrons. The lowest BCUT2D eigenvalue weighted by molar-refractivity contribution is -0.136. The number of aryl methyl sites for hydroxylation is 1. The van der Waals surface area contributed by atoms with Gasteiger partial charge in [-0.2, -0.15) is 5.10 Å². The van der Waals surface area contributed by atoms with Gasteiger partial charge in [0, 0.05) is 5.69 Å². The van der Waals surface area contributed by atoms with Crippen LogP contribution in [0.2, 0.25) is 0 Å². The SMILES string of the molecule is CCCCCOc1ccc(NC(=O)C(=O)N/N=C/c2ccc(C)cc2)cc1. The Morgan fingerprint density at radius 1 is 1.00 bits per heavy atom. The monoisotopic (exact) mass is 367 g/mol. The third-order valence-electron chi connectivity index (χ3n) is 3.79. The first-order chi connectivity index (χ1) is 13.1. The number of carbonyl (C=O) groups excluding carboxylic acids is 2. The molecule has 6 nitrogen and oxygen atoms in total. The molecule has 0 aliphatic rings. The van der Waals surface area contributed by atoms with Crippen molar-refractivity contribution in [3.63, 3.8) is 0 Å². The molecule has 0 saturated carbocycles. The molecule has 0 saturated heterocycles. The molecule has 0 bridgehead atoms. The van der Waals surface area contributed by atoms with Crippen LogP contribution in [0.15, 0.2) is 53.6 Å². The van der Waals surface area contributed by atoms with E-state index in [0.29, 0.717) is 12.3 Å². The zero-order chi connectivity index (χ0) is 19.5. The van der Waals surface area contributed by atoms with Crippen molar-refractivity contribution in [2.75, 3.05) is 11.9 Å². The second kappa shape index (κ2) is 10.8. The minimum absolute atomic E-state index is 0.513. The van der Waals surface area contributed by atoms with Crippen molar-refractivity contribution in [2.24, 2.45) is 5.10 Å². The number of hydrogen-bond acceptors (Lipinski definition) is 4. The van der Waals surface area contributed by atoms with E-state index >= 15 is 0 Å². The maximum atomic E-state index is 11.9. The van der Waals surface area contributed by atoms with E-state index in [0.717, 1.165) is 36.1 Å². The van der Waals surface area contributed by atoms with Crippen LogP contribution in [-0.4, -0.2) is 24.6 Å². The number of rotatable bonds is 8. The van der Waals surface area contributed by atoms with Gasteiger partial charge < -0.3 is 10.1 Å². The van der Waals surface area contributed by atoms with Gasteiger partial charge in [-0.05, 0) is 43.2 Å². The lowest BCUT2D eigenvalue weighted by atomic mass is 10.2. The molecule has 0 aliphatic carbocycles. The standard InChI is InChI=1S/C21H25N3O3/c1-3-4-5-14-27-19-12-10-18(11-13-19)23-20(25)21(26)24-22-15-17-8-6-16(2)7-9-17/h6-13,15H,3-5,14H2,1-2H3,(H,23,25)(H,24,26)/b22-15+. The van der Waals surface area contributed by atoms with Gasteiger partial charge in [0.15, 0.2) is 0 Å². The van der Waals surface area contributed by atoms with Gasteiger partial charge >= 0.3 is 11.8 Å². The summed E-state index contributed by atoms with van der Waals surface area (Å²) in [5.41, 5.74) is 4.69. The van der Waals surface area contributed by atoms with Crippen molar-refractivity contribution < 1.29 is 14.3 Å². The van der Waals surface area contributed by atoms with Crippen LogP contribution in [0.5, 0.6) is 5.75 Å². The summed E-state index contributed by atoms with van der Waals surface area (Å²) >= 11 is 0. The first kappa shape index (κ1) is 20.2. The second-order valence-electron chi connectivity index (χ2n) is 6.14. The summed E-state index contributed by atoms with van der Waals surface area (Å²) in [7, 11) is 0. The number of hydrogen-bond donors (Lipinski definition) is 2. The van der Waals surface area contributed by atoms with Crippen molar-refractivity contribution >= 4 is 23.7 Å². The number of carbonyl (C=O) groups is 2. The second-order valence-corrected chi connectivity index (χ2v) is 6.14. The van der Waals surface area contributed by atoms with E-state index in [9.17, 15) is 9.59 Å². The van der Waals surface area contributed by atoms with Gasteiger partial charge in [-0.15, -0.1) is 0 Å². The quantitative estimate of drug-likeness (QED) is 0.323. The van der Waals surface area contributed by atoms with Crippen molar-refractivity contribution in [1.29, 1.82) is 0 Å². The molecule has 0 heterocycles. The number of ether oxygens (including phenoxy) is 1. The molecule has 2 aromatic rings. The fraction of sp³-hybridized carbons (Fsp3) is 0.286. The minimum atomic E-state index is -0.835. The summed E-state index contributed by atoms with van der Waals surface area (Å²) in [6.07, 6.45) is 4.77. The molecule has 2 N–H and O–H groups in total. The molecule has 0 fully saturated rings. The van der Waals surface area contributed by atoms with E-state index in [2.05, 4.69) is 22.8 Å². The van der Waals surface area contributed by atoms with Gasteiger partial charge in [0.2, 0.25) is 0 Å². The Bertz CT molecular complexity index is 768. The highest BCUT2D eigenvalue weighted by molar-refractivity contribution is 6.39. The number of nitrogens with zero attached hydrogens (tertiary/aromatic N) is 1. The smallest absolute Gasteiger partial charge is 0.329 e. The Morgan fingerprint density at radius 2 is 1.70 bits per heavy atom. The summed E-state index contributed by atoms with van der Waals surface area (Å²) in [4.78, 5) is 23.7. The van der Waals surface area contributed by atoms with Crippen LogP contribution in [0, 0.1) is 6.92 Å². The van der Waals surface area contributed by atoms with Crippen molar-refractivity contribution in [2.45, 2.75) is 33.1 Å². The molecule has 0 radical (unpaired) electrons. The van der Waals surface area contributed by atoms with Gasteiger partial charge in [0.05, 0.1) is 12.8 Å². The summed E-state index contributed by atoms with van der Waals surface area (Å²) in [6, 6.07) is 14.5. The first-order valence-electron chi connectivity index (χ1n) is 9.02. The van der Waals surface area contributed by atoms with Gasteiger partial charge in [-0.25, -0.2) is 5.43 Å². The molecule has 0 aliphatic heterocycles. The normalized spacial score (nSPS) is 10.6. The number of anilines is 1. The van der Waals surface area contributed by atoms with Crippen LogP contribution in [0.1, 0.15) is 37.3 Å². The third-order valence-corrected chi connectivity index (χ3v) is 3.79. The van der Waals surface area contributed by atoms with E-state index < -0.39 is 11.8 Å². The zero-order valence-electron chi connectivity index (χ0n) is 15.7. The summed E-state index contributed by atoms with van der Waals surface area (Å²) in [5.74, 6) is -0.887. The Morgan fingerprint density at radius 3 is 2.37 bits per heavy atom. The number of unbranched alkanes of at least 4 members (excludes halogenated alkanes) is 2. The van der Waals surface area contributed by atoms with Crippen LogP contribution in [0.3, 0.4) is 0 Å². The number of amides is 2. The fourth-order valence-corrected chi connectivity index (χ4v) is 2.23. The molecule has 0 unspecified atom stereocenters. The van der Waals surface area contributed by atoms with E-state index in [-0.39, 0.29) is 0 Å². The maximum absolute atomic E-state index is 11.9. The summed E-state index contributed by atoms with van der Waals surface area (Å²) in [5, 5.41) is 6.31. The Labute approximate surface area is 159 Å². The summed E-state index contributed by atoms with van der Waals surface area (Å²) in [6.45, 7) is 4.79. The molecular formula is C21H25N3O3. The largest absolute Gasteiger partial charge is 0.494 e. The van der Waals surface area contributed by atoms with Crippen molar-refractivity contribution in [1.82, 2.24) is 5.43 Å². The lowest BCUT2D eigenvalue weighted by Crippen LogP contribution is -2.32. The maximum Gasteiger partial charge on any atom is 0.329 e. The van der Waals surface area contributed by atoms with Gasteiger partial charge in [-0.3, -0.25) is 9.59 Å². The highest BCUT2D eigenvalue weighted by Crippen LogP contribution is 2.16. The molecule has 0 aromatic heterocycles. The molecular weight excluding hydrogens is 342 g/mol. The highest BCUT2D eigenvalue weighted by Gasteiger charge is 2.12. The molecule has 2 aromatic carbocycles. The van der Waals surface area contributed by atoms with E-state index in [1.807, 2.05) is 31.2 Å². The Balaban J connectivity index is 1.78. The molecule has 0 atom stereocenters. The average Bonchev–Trinajstić information content (AvgIpc) is 2.68. The molecule has 6 heteroatoms. The zero-order valence-corrected chi connectivity index (χ0v) is 15.7. The highest BCUT2D eigenvalue weighted by atomic mass is 16.5. The average molecular weight is 367 g/mol. The molecule has 27 heavy (non-hydrogen) atoms.